The van der Waals surface area contributed by atoms with Gasteiger partial charge in [0.15, 0.2) is 5.82 Å². The van der Waals surface area contributed by atoms with Crippen LogP contribution in [0.3, 0.4) is 0 Å². The van der Waals surface area contributed by atoms with Crippen LogP contribution in [-0.4, -0.2) is 39.4 Å². The van der Waals surface area contributed by atoms with E-state index in [9.17, 15) is 4.39 Å². The SMILES string of the molecule is Fc1cccc(CN2CCc3nnc(C4CCCO4)n3CC2)c1. The predicted molar refractivity (Wildman–Crippen MR) is 83.3 cm³/mol. The number of hydrogen-bond donors (Lipinski definition) is 0. The number of rotatable bonds is 3. The molecule has 23 heavy (non-hydrogen) atoms. The van der Waals surface area contributed by atoms with Gasteiger partial charge in [-0.15, -0.1) is 10.2 Å². The highest BCUT2D eigenvalue weighted by Crippen LogP contribution is 2.28. The van der Waals surface area contributed by atoms with Crippen LogP contribution in [0.25, 0.3) is 0 Å². The van der Waals surface area contributed by atoms with Crippen molar-refractivity contribution < 1.29 is 9.13 Å². The maximum absolute atomic E-state index is 13.3. The van der Waals surface area contributed by atoms with E-state index in [0.717, 1.165) is 69.3 Å². The first-order valence-corrected chi connectivity index (χ1v) is 8.30. The summed E-state index contributed by atoms with van der Waals surface area (Å²) in [4.78, 5) is 2.35. The van der Waals surface area contributed by atoms with E-state index in [1.54, 1.807) is 12.1 Å². The number of benzene rings is 1. The molecule has 122 valence electrons. The minimum absolute atomic E-state index is 0.103. The van der Waals surface area contributed by atoms with Crippen molar-refractivity contribution in [3.63, 3.8) is 0 Å². The highest BCUT2D eigenvalue weighted by molar-refractivity contribution is 5.16. The highest BCUT2D eigenvalue weighted by Gasteiger charge is 2.26. The molecule has 2 aliphatic heterocycles. The number of halogens is 1. The van der Waals surface area contributed by atoms with Gasteiger partial charge in [0.1, 0.15) is 17.7 Å². The Bertz CT molecular complexity index is 681. The smallest absolute Gasteiger partial charge is 0.162 e. The van der Waals surface area contributed by atoms with E-state index in [-0.39, 0.29) is 11.9 Å². The van der Waals surface area contributed by atoms with Crippen LogP contribution in [-0.2, 0) is 24.2 Å². The van der Waals surface area contributed by atoms with Crippen molar-refractivity contribution >= 4 is 0 Å². The summed E-state index contributed by atoms with van der Waals surface area (Å²) in [7, 11) is 0. The number of aromatic nitrogens is 3. The molecule has 1 aromatic carbocycles. The standard InChI is InChI=1S/C17H21FN4O/c18-14-4-1-3-13(11-14)12-21-7-6-16-19-20-17(22(16)9-8-21)15-5-2-10-23-15/h1,3-4,11,15H,2,5-10,12H2. The Kier molecular flexibility index (Phi) is 4.10. The highest BCUT2D eigenvalue weighted by atomic mass is 19.1. The third kappa shape index (κ3) is 3.14. The Balaban J connectivity index is 1.46. The van der Waals surface area contributed by atoms with Gasteiger partial charge in [-0.05, 0) is 30.5 Å². The molecule has 0 aliphatic carbocycles. The Morgan fingerprint density at radius 2 is 2.17 bits per heavy atom. The number of ether oxygens (including phenoxy) is 1. The largest absolute Gasteiger partial charge is 0.370 e. The maximum Gasteiger partial charge on any atom is 0.162 e. The van der Waals surface area contributed by atoms with Crippen LogP contribution in [0.5, 0.6) is 0 Å². The average molecular weight is 316 g/mol. The normalized spacial score (nSPS) is 22.0. The van der Waals surface area contributed by atoms with Gasteiger partial charge in [0.05, 0.1) is 0 Å². The second kappa shape index (κ2) is 6.37. The molecule has 0 spiro atoms. The average Bonchev–Trinajstić information content (AvgIpc) is 3.16. The first-order chi connectivity index (χ1) is 11.3. The summed E-state index contributed by atoms with van der Waals surface area (Å²) in [5.41, 5.74) is 1.02. The lowest BCUT2D eigenvalue weighted by Gasteiger charge is -2.20. The van der Waals surface area contributed by atoms with Crippen LogP contribution in [0, 0.1) is 5.82 Å². The Morgan fingerprint density at radius 3 is 3.00 bits per heavy atom. The fourth-order valence-corrected chi connectivity index (χ4v) is 3.46. The van der Waals surface area contributed by atoms with Gasteiger partial charge in [0.25, 0.3) is 0 Å². The van der Waals surface area contributed by atoms with Gasteiger partial charge in [-0.2, -0.15) is 0 Å². The van der Waals surface area contributed by atoms with E-state index in [4.69, 9.17) is 4.74 Å². The summed E-state index contributed by atoms with van der Waals surface area (Å²) in [6, 6.07) is 6.85. The summed E-state index contributed by atoms with van der Waals surface area (Å²) in [5, 5.41) is 8.73. The van der Waals surface area contributed by atoms with Crippen molar-refractivity contribution in [1.82, 2.24) is 19.7 Å². The molecule has 3 heterocycles. The van der Waals surface area contributed by atoms with Gasteiger partial charge in [0, 0.05) is 39.2 Å². The molecule has 2 aromatic rings. The van der Waals surface area contributed by atoms with Crippen LogP contribution >= 0.6 is 0 Å². The lowest BCUT2D eigenvalue weighted by Crippen LogP contribution is -2.27. The quantitative estimate of drug-likeness (QED) is 0.872. The zero-order valence-electron chi connectivity index (χ0n) is 13.1. The maximum atomic E-state index is 13.3. The predicted octanol–water partition coefficient (Wildman–Crippen LogP) is 2.33. The molecule has 5 nitrogen and oxygen atoms in total. The first kappa shape index (κ1) is 14.8. The summed E-state index contributed by atoms with van der Waals surface area (Å²) in [6.45, 7) is 4.29. The lowest BCUT2D eigenvalue weighted by atomic mass is 10.2. The molecule has 2 aliphatic rings. The fraction of sp³-hybridized carbons (Fsp3) is 0.529. The van der Waals surface area contributed by atoms with E-state index in [0.29, 0.717) is 0 Å². The molecule has 1 fully saturated rings. The van der Waals surface area contributed by atoms with Crippen LogP contribution in [0.1, 0.15) is 36.2 Å². The molecule has 1 saturated heterocycles. The molecule has 0 bridgehead atoms. The van der Waals surface area contributed by atoms with Crippen LogP contribution in [0.4, 0.5) is 4.39 Å². The minimum Gasteiger partial charge on any atom is -0.370 e. The Hall–Kier alpha value is -1.79. The molecule has 0 radical (unpaired) electrons. The zero-order valence-corrected chi connectivity index (χ0v) is 13.1. The van der Waals surface area contributed by atoms with Gasteiger partial charge >= 0.3 is 0 Å². The van der Waals surface area contributed by atoms with Crippen molar-refractivity contribution in [3.8, 4) is 0 Å². The molecule has 0 saturated carbocycles. The van der Waals surface area contributed by atoms with Crippen molar-refractivity contribution in [1.29, 1.82) is 0 Å². The monoisotopic (exact) mass is 316 g/mol. The zero-order chi connectivity index (χ0) is 15.6. The lowest BCUT2D eigenvalue weighted by molar-refractivity contribution is 0.101. The molecule has 0 N–H and O–H groups in total. The molecule has 1 atom stereocenters. The van der Waals surface area contributed by atoms with Crippen LogP contribution < -0.4 is 0 Å². The molecular weight excluding hydrogens is 295 g/mol. The van der Waals surface area contributed by atoms with Gasteiger partial charge < -0.3 is 9.30 Å². The second-order valence-electron chi connectivity index (χ2n) is 6.28. The number of hydrogen-bond acceptors (Lipinski definition) is 4. The molecule has 4 rings (SSSR count). The van der Waals surface area contributed by atoms with E-state index in [1.807, 2.05) is 6.07 Å². The number of fused-ring (bicyclic) bond motifs is 1. The summed E-state index contributed by atoms with van der Waals surface area (Å²) in [5.74, 6) is 1.84. The number of nitrogens with zero attached hydrogens (tertiary/aromatic N) is 4. The van der Waals surface area contributed by atoms with Crippen molar-refractivity contribution in [2.24, 2.45) is 0 Å². The van der Waals surface area contributed by atoms with Gasteiger partial charge in [0.2, 0.25) is 0 Å². The molecular formula is C17H21FN4O. The molecule has 6 heteroatoms. The molecule has 1 unspecified atom stereocenters. The third-order valence-corrected chi connectivity index (χ3v) is 4.66. The minimum atomic E-state index is -0.171. The summed E-state index contributed by atoms with van der Waals surface area (Å²) < 4.78 is 21.3. The Morgan fingerprint density at radius 1 is 1.22 bits per heavy atom. The van der Waals surface area contributed by atoms with Crippen LogP contribution in [0.15, 0.2) is 24.3 Å². The van der Waals surface area contributed by atoms with Gasteiger partial charge in [-0.25, -0.2) is 4.39 Å². The van der Waals surface area contributed by atoms with Gasteiger partial charge in [-0.1, -0.05) is 12.1 Å². The topological polar surface area (TPSA) is 43.2 Å². The van der Waals surface area contributed by atoms with Gasteiger partial charge in [-0.3, -0.25) is 4.90 Å². The van der Waals surface area contributed by atoms with Crippen molar-refractivity contribution in [2.45, 2.75) is 38.5 Å². The fourth-order valence-electron chi connectivity index (χ4n) is 3.46. The van der Waals surface area contributed by atoms with E-state index in [2.05, 4.69) is 19.7 Å². The van der Waals surface area contributed by atoms with Crippen molar-refractivity contribution in [3.05, 3.63) is 47.3 Å². The molecule has 0 amide bonds. The third-order valence-electron chi connectivity index (χ3n) is 4.66. The summed E-state index contributed by atoms with van der Waals surface area (Å²) in [6.07, 6.45) is 3.10. The first-order valence-electron chi connectivity index (χ1n) is 8.30. The Labute approximate surface area is 135 Å². The van der Waals surface area contributed by atoms with Crippen molar-refractivity contribution in [2.75, 3.05) is 19.7 Å². The second-order valence-corrected chi connectivity index (χ2v) is 6.28. The van der Waals surface area contributed by atoms with Crippen LogP contribution in [0.2, 0.25) is 0 Å². The van der Waals surface area contributed by atoms with E-state index < -0.39 is 0 Å². The van der Waals surface area contributed by atoms with E-state index >= 15 is 0 Å². The van der Waals surface area contributed by atoms with E-state index in [1.165, 1.54) is 6.07 Å². The molecule has 1 aromatic heterocycles. The summed E-state index contributed by atoms with van der Waals surface area (Å²) >= 11 is 0.